The maximum Gasteiger partial charge on any atom is 0.138 e. The molecule has 0 atom stereocenters. The predicted molar refractivity (Wildman–Crippen MR) is 101 cm³/mol. The molecule has 2 aromatic rings. The Kier molecular flexibility index (Phi) is 4.01. The molecule has 0 spiro atoms. The molecule has 1 aliphatic heterocycles. The van der Waals surface area contributed by atoms with Gasteiger partial charge in [-0.1, -0.05) is 6.58 Å². The van der Waals surface area contributed by atoms with Crippen LogP contribution in [0.2, 0.25) is 0 Å². The zero-order valence-corrected chi connectivity index (χ0v) is 14.6. The third-order valence-corrected chi connectivity index (χ3v) is 3.54. The minimum Gasteiger partial charge on any atom is -0.365 e. The standard InChI is InChI=1S/C19H23N5/c1-12-6-8-21-15(10-12)22-16-11-14-7-9-20-13(2)17(14)18(23-16)24-19(3,4)5/h6-11,20H,2H2,1,3-5H3,(H2,21,22,23,24). The van der Waals surface area contributed by atoms with Gasteiger partial charge in [-0.15, -0.1) is 0 Å². The van der Waals surface area contributed by atoms with Gasteiger partial charge in [-0.25, -0.2) is 9.97 Å². The Labute approximate surface area is 142 Å². The van der Waals surface area contributed by atoms with Crippen LogP contribution in [0.15, 0.2) is 37.2 Å². The van der Waals surface area contributed by atoms with Crippen molar-refractivity contribution < 1.29 is 0 Å². The van der Waals surface area contributed by atoms with Crippen LogP contribution in [0.1, 0.15) is 37.5 Å². The molecule has 0 aromatic carbocycles. The maximum absolute atomic E-state index is 4.75. The number of rotatable bonds is 3. The molecule has 0 unspecified atom stereocenters. The highest BCUT2D eigenvalue weighted by atomic mass is 15.1. The van der Waals surface area contributed by atoms with Gasteiger partial charge in [-0.2, -0.15) is 0 Å². The number of hydrogen-bond donors (Lipinski definition) is 3. The van der Waals surface area contributed by atoms with Gasteiger partial charge in [0.05, 0.1) is 0 Å². The molecule has 0 fully saturated rings. The van der Waals surface area contributed by atoms with E-state index in [0.29, 0.717) is 0 Å². The molecule has 2 aromatic heterocycles. The number of fused-ring (bicyclic) bond motifs is 1. The SMILES string of the molecule is C=C1NC=Cc2cc(Nc3cc(C)ccn3)nc(NC(C)(C)C)c21. The van der Waals surface area contributed by atoms with Crippen LogP contribution >= 0.6 is 0 Å². The number of nitrogens with zero attached hydrogens (tertiary/aromatic N) is 2. The molecule has 0 amide bonds. The highest BCUT2D eigenvalue weighted by Crippen LogP contribution is 2.32. The van der Waals surface area contributed by atoms with Gasteiger partial charge in [0.1, 0.15) is 17.5 Å². The average Bonchev–Trinajstić information content (AvgIpc) is 2.45. The summed E-state index contributed by atoms with van der Waals surface area (Å²) in [4.78, 5) is 9.10. The summed E-state index contributed by atoms with van der Waals surface area (Å²) in [6, 6.07) is 5.97. The Morgan fingerprint density at radius 1 is 1.17 bits per heavy atom. The smallest absolute Gasteiger partial charge is 0.138 e. The molecule has 5 heteroatoms. The van der Waals surface area contributed by atoms with Crippen molar-refractivity contribution in [2.24, 2.45) is 0 Å². The molecule has 0 saturated carbocycles. The molecule has 3 N–H and O–H groups in total. The Morgan fingerprint density at radius 2 is 1.96 bits per heavy atom. The van der Waals surface area contributed by atoms with E-state index in [2.05, 4.69) is 48.3 Å². The summed E-state index contributed by atoms with van der Waals surface area (Å²) >= 11 is 0. The fourth-order valence-corrected chi connectivity index (χ4v) is 2.56. The fourth-order valence-electron chi connectivity index (χ4n) is 2.56. The number of aromatic nitrogens is 2. The second kappa shape index (κ2) is 6.00. The lowest BCUT2D eigenvalue weighted by Gasteiger charge is -2.26. The summed E-state index contributed by atoms with van der Waals surface area (Å²) in [7, 11) is 0. The van der Waals surface area contributed by atoms with Crippen LogP contribution in [-0.2, 0) is 0 Å². The average molecular weight is 321 g/mol. The Hall–Kier alpha value is -2.82. The van der Waals surface area contributed by atoms with Crippen LogP contribution in [0.25, 0.3) is 11.8 Å². The molecule has 5 nitrogen and oxygen atoms in total. The third kappa shape index (κ3) is 3.56. The van der Waals surface area contributed by atoms with E-state index in [1.54, 1.807) is 6.20 Å². The normalized spacial score (nSPS) is 13.2. The topological polar surface area (TPSA) is 61.9 Å². The number of nitrogens with one attached hydrogen (secondary N) is 3. The Morgan fingerprint density at radius 3 is 2.67 bits per heavy atom. The van der Waals surface area contributed by atoms with E-state index in [4.69, 9.17) is 4.98 Å². The van der Waals surface area contributed by atoms with Crippen LogP contribution in [0.4, 0.5) is 17.5 Å². The summed E-state index contributed by atoms with van der Waals surface area (Å²) in [5.74, 6) is 2.33. The minimum absolute atomic E-state index is 0.109. The van der Waals surface area contributed by atoms with Crippen molar-refractivity contribution in [2.45, 2.75) is 33.2 Å². The fraction of sp³-hybridized carbons (Fsp3) is 0.263. The zero-order chi connectivity index (χ0) is 17.3. The summed E-state index contributed by atoms with van der Waals surface area (Å²) in [6.45, 7) is 12.5. The van der Waals surface area contributed by atoms with Gasteiger partial charge in [0.25, 0.3) is 0 Å². The molecule has 0 radical (unpaired) electrons. The van der Waals surface area contributed by atoms with Gasteiger partial charge < -0.3 is 16.0 Å². The molecular weight excluding hydrogens is 298 g/mol. The van der Waals surface area contributed by atoms with E-state index in [1.165, 1.54) is 0 Å². The van der Waals surface area contributed by atoms with E-state index in [-0.39, 0.29) is 5.54 Å². The second-order valence-corrected chi connectivity index (χ2v) is 6.99. The number of aryl methyl sites for hydroxylation is 1. The largest absolute Gasteiger partial charge is 0.365 e. The van der Waals surface area contributed by atoms with Crippen LogP contribution in [-0.4, -0.2) is 15.5 Å². The van der Waals surface area contributed by atoms with E-state index < -0.39 is 0 Å². The van der Waals surface area contributed by atoms with Crippen molar-refractivity contribution in [3.8, 4) is 0 Å². The van der Waals surface area contributed by atoms with Gasteiger partial charge >= 0.3 is 0 Å². The van der Waals surface area contributed by atoms with Gasteiger partial charge in [-0.3, -0.25) is 0 Å². The number of hydrogen-bond acceptors (Lipinski definition) is 5. The van der Waals surface area contributed by atoms with Gasteiger partial charge in [0, 0.05) is 29.2 Å². The predicted octanol–water partition coefficient (Wildman–Crippen LogP) is 4.28. The van der Waals surface area contributed by atoms with E-state index in [9.17, 15) is 0 Å². The van der Waals surface area contributed by atoms with Crippen LogP contribution in [0.5, 0.6) is 0 Å². The first kappa shape index (κ1) is 16.1. The lowest BCUT2D eigenvalue weighted by molar-refractivity contribution is 0.630. The van der Waals surface area contributed by atoms with Crippen LogP contribution in [0.3, 0.4) is 0 Å². The molecule has 1 aliphatic rings. The molecular formula is C19H23N5. The molecule has 3 rings (SSSR count). The first-order valence-electron chi connectivity index (χ1n) is 7.97. The first-order chi connectivity index (χ1) is 11.3. The second-order valence-electron chi connectivity index (χ2n) is 6.99. The van der Waals surface area contributed by atoms with Gasteiger partial charge in [0.2, 0.25) is 0 Å². The minimum atomic E-state index is -0.109. The summed E-state index contributed by atoms with van der Waals surface area (Å²) in [6.07, 6.45) is 5.70. The van der Waals surface area contributed by atoms with Crippen LogP contribution in [0, 0.1) is 6.92 Å². The molecule has 24 heavy (non-hydrogen) atoms. The summed E-state index contributed by atoms with van der Waals surface area (Å²) < 4.78 is 0. The van der Waals surface area contributed by atoms with Gasteiger partial charge in [0.15, 0.2) is 0 Å². The molecule has 124 valence electrons. The lowest BCUT2D eigenvalue weighted by Crippen LogP contribution is -2.28. The van der Waals surface area contributed by atoms with E-state index >= 15 is 0 Å². The van der Waals surface area contributed by atoms with Crippen molar-refractivity contribution in [3.63, 3.8) is 0 Å². The van der Waals surface area contributed by atoms with Crippen molar-refractivity contribution >= 4 is 29.2 Å². The maximum atomic E-state index is 4.75. The molecule has 0 saturated heterocycles. The zero-order valence-electron chi connectivity index (χ0n) is 14.6. The highest BCUT2D eigenvalue weighted by Gasteiger charge is 2.20. The summed E-state index contributed by atoms with van der Waals surface area (Å²) in [5.41, 5.74) is 3.94. The molecule has 0 aliphatic carbocycles. The number of anilines is 3. The van der Waals surface area contributed by atoms with Crippen molar-refractivity contribution in [3.05, 3.63) is 53.9 Å². The third-order valence-electron chi connectivity index (χ3n) is 3.54. The lowest BCUT2D eigenvalue weighted by atomic mass is 10.0. The molecule has 0 bridgehead atoms. The highest BCUT2D eigenvalue weighted by molar-refractivity contribution is 5.84. The van der Waals surface area contributed by atoms with Crippen molar-refractivity contribution in [2.75, 3.05) is 10.6 Å². The Balaban J connectivity index is 2.04. The first-order valence-corrected chi connectivity index (χ1v) is 7.97. The van der Waals surface area contributed by atoms with Crippen molar-refractivity contribution in [1.82, 2.24) is 15.3 Å². The summed E-state index contributed by atoms with van der Waals surface area (Å²) in [5, 5.41) is 9.91. The molecule has 3 heterocycles. The number of pyridine rings is 2. The van der Waals surface area contributed by atoms with Crippen LogP contribution < -0.4 is 16.0 Å². The van der Waals surface area contributed by atoms with Crippen molar-refractivity contribution in [1.29, 1.82) is 0 Å². The monoisotopic (exact) mass is 321 g/mol. The van der Waals surface area contributed by atoms with E-state index in [1.807, 2.05) is 37.4 Å². The quantitative estimate of drug-likeness (QED) is 0.787. The Bertz CT molecular complexity index is 815. The van der Waals surface area contributed by atoms with E-state index in [0.717, 1.165) is 39.8 Å². The van der Waals surface area contributed by atoms with Gasteiger partial charge in [-0.05, 0) is 63.1 Å².